The second-order valence-electron chi connectivity index (χ2n) is 21.8. The Kier molecular flexibility index (Phi) is 11.0. The van der Waals surface area contributed by atoms with Gasteiger partial charge in [-0.05, 0) is 173 Å². The van der Waals surface area contributed by atoms with Crippen LogP contribution in [0.4, 0.5) is 17.1 Å². The van der Waals surface area contributed by atoms with Crippen molar-refractivity contribution in [2.24, 2.45) is 0 Å². The van der Waals surface area contributed by atoms with Crippen LogP contribution in [0.5, 0.6) is 0 Å². The highest BCUT2D eigenvalue weighted by Crippen LogP contribution is 2.60. The first kappa shape index (κ1) is 46.8. The molecule has 0 N–H and O–H groups in total. The maximum absolute atomic E-state index is 2.57. The fourth-order valence-corrected chi connectivity index (χ4v) is 14.1. The molecule has 2 heteroatoms. The number of hydrogen-bond acceptors (Lipinski definition) is 1. The van der Waals surface area contributed by atoms with E-state index in [1.165, 1.54) is 121 Å². The van der Waals surface area contributed by atoms with Crippen LogP contribution in [0.1, 0.15) is 29.5 Å². The number of nitrogens with zero attached hydrogens (tertiary/aromatic N) is 2. The Balaban J connectivity index is 0.936. The van der Waals surface area contributed by atoms with Crippen molar-refractivity contribution in [3.63, 3.8) is 0 Å². The second-order valence-corrected chi connectivity index (χ2v) is 21.8. The first-order chi connectivity index (χ1) is 40.2. The van der Waals surface area contributed by atoms with Crippen molar-refractivity contribution in [1.82, 2.24) is 4.57 Å². The molecule has 1 aromatic heterocycles. The molecule has 2 aliphatic rings. The summed E-state index contributed by atoms with van der Waals surface area (Å²) in [7, 11) is 0. The highest BCUT2D eigenvalue weighted by atomic mass is 15.1. The largest absolute Gasteiger partial charge is 0.310 e. The van der Waals surface area contributed by atoms with Gasteiger partial charge in [0.15, 0.2) is 0 Å². The van der Waals surface area contributed by atoms with Crippen LogP contribution in [0.15, 0.2) is 309 Å². The Morgan fingerprint density at radius 2 is 0.877 bits per heavy atom. The number of aromatic nitrogens is 1. The molecule has 1 heterocycles. The summed E-state index contributed by atoms with van der Waals surface area (Å²) in [4.78, 5) is 2.49. The molecule has 380 valence electrons. The molecule has 0 fully saturated rings. The molecule has 0 radical (unpaired) electrons. The lowest BCUT2D eigenvalue weighted by Crippen LogP contribution is -2.30. The van der Waals surface area contributed by atoms with Gasteiger partial charge in [0.1, 0.15) is 0 Å². The standard InChI is InChI=1S/C79H54N2/c1-5-23-55(24-6-1)77-68-34-15-17-36-70(68)78(71-37-18-16-35-69(71)77)56-42-47-65-66-48-45-62(52-74(66)79(73(65)50-56,57-26-7-2-8-27-57)58-28-9-3-10-29-58)80(60-43-40-54(41-44-60)64-38-21-25-53-22-13-14-32-63(53)64)61-46-49-76-72(51-61)67-33-19-20-39-75(67)81(76)59-30-11-4-12-31-59/h1-9,11-28,30-52H,10,29H2. The zero-order valence-electron chi connectivity index (χ0n) is 44.7. The maximum Gasteiger partial charge on any atom is 0.0677 e. The van der Waals surface area contributed by atoms with Crippen LogP contribution in [0.3, 0.4) is 0 Å². The molecule has 16 rings (SSSR count). The lowest BCUT2D eigenvalue weighted by molar-refractivity contribution is 0.693. The van der Waals surface area contributed by atoms with Crippen molar-refractivity contribution >= 4 is 71.2 Å². The van der Waals surface area contributed by atoms with Crippen molar-refractivity contribution < 1.29 is 0 Å². The van der Waals surface area contributed by atoms with E-state index >= 15 is 0 Å². The van der Waals surface area contributed by atoms with E-state index in [0.717, 1.165) is 35.6 Å². The van der Waals surface area contributed by atoms with Crippen LogP contribution < -0.4 is 4.90 Å². The van der Waals surface area contributed by atoms with Crippen molar-refractivity contribution in [1.29, 1.82) is 0 Å². The van der Waals surface area contributed by atoms with Gasteiger partial charge in [-0.1, -0.05) is 242 Å². The van der Waals surface area contributed by atoms with E-state index in [2.05, 4.69) is 313 Å². The highest BCUT2D eigenvalue weighted by molar-refractivity contribution is 6.21. The average molecular weight is 1030 g/mol. The smallest absolute Gasteiger partial charge is 0.0677 e. The van der Waals surface area contributed by atoms with Crippen LogP contribution in [-0.2, 0) is 5.41 Å². The van der Waals surface area contributed by atoms with E-state index in [0.29, 0.717) is 0 Å². The minimum Gasteiger partial charge on any atom is -0.310 e. The Morgan fingerprint density at radius 3 is 1.58 bits per heavy atom. The van der Waals surface area contributed by atoms with Gasteiger partial charge in [-0.15, -0.1) is 0 Å². The van der Waals surface area contributed by atoms with Gasteiger partial charge in [0.25, 0.3) is 0 Å². The molecular weight excluding hydrogens is 977 g/mol. The molecule has 1 unspecified atom stereocenters. The Morgan fingerprint density at radius 1 is 0.346 bits per heavy atom. The Labute approximate surface area is 472 Å². The predicted octanol–water partition coefficient (Wildman–Crippen LogP) is 21.3. The van der Waals surface area contributed by atoms with Crippen molar-refractivity contribution in [2.75, 3.05) is 4.90 Å². The molecule has 2 nitrogen and oxygen atoms in total. The number of para-hydroxylation sites is 2. The van der Waals surface area contributed by atoms with E-state index < -0.39 is 5.41 Å². The summed E-state index contributed by atoms with van der Waals surface area (Å²) in [5, 5.41) is 9.94. The molecule has 0 spiro atoms. The normalized spacial score (nSPS) is 14.6. The van der Waals surface area contributed by atoms with Gasteiger partial charge >= 0.3 is 0 Å². The highest BCUT2D eigenvalue weighted by Gasteiger charge is 2.48. The summed E-state index contributed by atoms with van der Waals surface area (Å²) in [6, 6.07) is 106. The van der Waals surface area contributed by atoms with Crippen molar-refractivity contribution in [3.05, 3.63) is 326 Å². The van der Waals surface area contributed by atoms with Crippen LogP contribution in [0, 0.1) is 0 Å². The average Bonchev–Trinajstić information content (AvgIpc) is 3.42. The number of benzene rings is 13. The van der Waals surface area contributed by atoms with E-state index in [1.807, 2.05) is 0 Å². The van der Waals surface area contributed by atoms with Crippen LogP contribution in [-0.4, -0.2) is 4.57 Å². The van der Waals surface area contributed by atoms with E-state index in [9.17, 15) is 0 Å². The van der Waals surface area contributed by atoms with Gasteiger partial charge in [-0.2, -0.15) is 0 Å². The molecule has 2 aliphatic carbocycles. The number of rotatable bonds is 9. The van der Waals surface area contributed by atoms with Crippen LogP contribution >= 0.6 is 0 Å². The lowest BCUT2D eigenvalue weighted by atomic mass is 9.65. The van der Waals surface area contributed by atoms with Gasteiger partial charge in [0, 0.05) is 33.5 Å². The number of fused-ring (bicyclic) bond motifs is 9. The molecular formula is C79H54N2. The minimum atomic E-state index is -0.602. The van der Waals surface area contributed by atoms with E-state index in [1.54, 1.807) is 0 Å². The third-order valence-corrected chi connectivity index (χ3v) is 17.5. The summed E-state index contributed by atoms with van der Waals surface area (Å²) in [5.74, 6) is 0. The quantitative estimate of drug-likeness (QED) is 0.131. The third-order valence-electron chi connectivity index (χ3n) is 17.5. The Bertz CT molecular complexity index is 4790. The zero-order valence-corrected chi connectivity index (χ0v) is 44.7. The fraction of sp³-hybridized carbons (Fsp3) is 0.0380. The summed E-state index contributed by atoms with van der Waals surface area (Å²) in [6.45, 7) is 0. The summed E-state index contributed by atoms with van der Waals surface area (Å²) >= 11 is 0. The summed E-state index contributed by atoms with van der Waals surface area (Å²) in [5.41, 5.74) is 21.4. The Hall–Kier alpha value is -10.3. The zero-order chi connectivity index (χ0) is 53.4. The van der Waals surface area contributed by atoms with Gasteiger partial charge in [0.05, 0.1) is 16.4 Å². The molecule has 1 atom stereocenters. The van der Waals surface area contributed by atoms with Gasteiger partial charge in [-0.3, -0.25) is 0 Å². The van der Waals surface area contributed by atoms with E-state index in [-0.39, 0.29) is 0 Å². The van der Waals surface area contributed by atoms with Gasteiger partial charge < -0.3 is 9.47 Å². The maximum atomic E-state index is 2.57. The third kappa shape index (κ3) is 7.34. The van der Waals surface area contributed by atoms with Crippen molar-refractivity contribution in [3.8, 4) is 50.2 Å². The molecule has 13 aromatic carbocycles. The van der Waals surface area contributed by atoms with Crippen molar-refractivity contribution in [2.45, 2.75) is 18.3 Å². The van der Waals surface area contributed by atoms with E-state index in [4.69, 9.17) is 0 Å². The molecule has 0 bridgehead atoms. The van der Waals surface area contributed by atoms with Gasteiger partial charge in [0.2, 0.25) is 0 Å². The van der Waals surface area contributed by atoms with Gasteiger partial charge in [-0.25, -0.2) is 0 Å². The monoisotopic (exact) mass is 1030 g/mol. The fourth-order valence-electron chi connectivity index (χ4n) is 14.1. The molecule has 81 heavy (non-hydrogen) atoms. The molecule has 14 aromatic rings. The predicted molar refractivity (Wildman–Crippen MR) is 343 cm³/mol. The summed E-state index contributed by atoms with van der Waals surface area (Å²) < 4.78 is 2.41. The second kappa shape index (κ2) is 19.0. The minimum absolute atomic E-state index is 0.602. The molecule has 0 aliphatic heterocycles. The summed E-state index contributed by atoms with van der Waals surface area (Å²) in [6.07, 6.45) is 8.97. The SMILES string of the molecule is C1=CCCC(C2(c3ccccc3)c3cc(-c4c5ccccc5c(-c5ccccc5)c5ccccc45)ccc3-c3ccc(N(c4ccc(-c5cccc6ccccc56)cc4)c4ccc5c(c4)c4ccccc4n5-c4ccccc4)cc32)=C1. The molecule has 0 saturated carbocycles. The first-order valence-corrected chi connectivity index (χ1v) is 28.4. The first-order valence-electron chi connectivity index (χ1n) is 28.4. The van der Waals surface area contributed by atoms with Crippen LogP contribution in [0.25, 0.3) is 104 Å². The molecule has 0 amide bonds. The number of hydrogen-bond donors (Lipinski definition) is 0. The number of allylic oxidation sites excluding steroid dienone is 4. The molecule has 0 saturated heterocycles. The van der Waals surface area contributed by atoms with Crippen LogP contribution in [0.2, 0.25) is 0 Å². The lowest BCUT2D eigenvalue weighted by Gasteiger charge is -2.37. The topological polar surface area (TPSA) is 8.17 Å². The number of anilines is 3.